The molecule has 0 bridgehead atoms. The number of amides is 2. The van der Waals surface area contributed by atoms with Crippen molar-refractivity contribution in [3.63, 3.8) is 0 Å². The van der Waals surface area contributed by atoms with Crippen molar-refractivity contribution in [3.05, 3.63) is 59.7 Å². The predicted octanol–water partition coefficient (Wildman–Crippen LogP) is 3.14. The number of carboxylic acids is 1. The lowest BCUT2D eigenvalue weighted by atomic mass is 9.98. The lowest BCUT2D eigenvalue weighted by Crippen LogP contribution is -2.49. The van der Waals surface area contributed by atoms with Gasteiger partial charge in [0, 0.05) is 12.5 Å². The SMILES string of the molecule is O=C(NC(C(=O)NC[C@@H]1C[C@@H]1C(=O)O)C1CC1)OCC1c2ccccc2-c2ccccc21. The summed E-state index contributed by atoms with van der Waals surface area (Å²) < 4.78 is 5.58. The number of nitrogens with one attached hydrogen (secondary N) is 2. The van der Waals surface area contributed by atoms with Gasteiger partial charge >= 0.3 is 12.1 Å². The van der Waals surface area contributed by atoms with E-state index in [0.29, 0.717) is 13.0 Å². The van der Waals surface area contributed by atoms with E-state index in [0.717, 1.165) is 35.1 Å². The van der Waals surface area contributed by atoms with Gasteiger partial charge in [0.2, 0.25) is 5.91 Å². The van der Waals surface area contributed by atoms with Crippen molar-refractivity contribution in [2.45, 2.75) is 31.2 Å². The van der Waals surface area contributed by atoms with Crippen LogP contribution < -0.4 is 10.6 Å². The minimum Gasteiger partial charge on any atom is -0.481 e. The highest BCUT2D eigenvalue weighted by Gasteiger charge is 2.44. The Bertz CT molecular complexity index is 1020. The summed E-state index contributed by atoms with van der Waals surface area (Å²) in [6.45, 7) is 0.520. The summed E-state index contributed by atoms with van der Waals surface area (Å²) in [6, 6.07) is 15.6. The van der Waals surface area contributed by atoms with Crippen LogP contribution in [0.5, 0.6) is 0 Å². The predicted molar refractivity (Wildman–Crippen MR) is 117 cm³/mol. The minimum atomic E-state index is -0.820. The molecule has 3 aliphatic carbocycles. The van der Waals surface area contributed by atoms with Crippen molar-refractivity contribution < 1.29 is 24.2 Å². The first-order valence-electron chi connectivity index (χ1n) is 11.1. The summed E-state index contributed by atoms with van der Waals surface area (Å²) in [7, 11) is 0. The Hall–Kier alpha value is -3.35. The van der Waals surface area contributed by atoms with Crippen LogP contribution in [0.3, 0.4) is 0 Å². The van der Waals surface area contributed by atoms with E-state index in [-0.39, 0.29) is 36.2 Å². The lowest BCUT2D eigenvalue weighted by molar-refractivity contribution is -0.139. The highest BCUT2D eigenvalue weighted by molar-refractivity contribution is 5.86. The third-order valence-electron chi connectivity index (χ3n) is 6.77. The Labute approximate surface area is 186 Å². The molecule has 0 aliphatic heterocycles. The molecule has 7 heteroatoms. The van der Waals surface area contributed by atoms with Crippen molar-refractivity contribution in [3.8, 4) is 11.1 Å². The molecule has 2 amide bonds. The molecule has 2 aromatic carbocycles. The van der Waals surface area contributed by atoms with Gasteiger partial charge in [-0.3, -0.25) is 9.59 Å². The van der Waals surface area contributed by atoms with Gasteiger partial charge in [-0.05, 0) is 53.4 Å². The molecular formula is C25H26N2O5. The average Bonchev–Trinajstić information content (AvgIpc) is 3.71. The van der Waals surface area contributed by atoms with Crippen molar-refractivity contribution in [2.24, 2.45) is 17.8 Å². The molecule has 3 N–H and O–H groups in total. The molecule has 0 saturated heterocycles. The number of carbonyl (C=O) groups is 3. The van der Waals surface area contributed by atoms with Gasteiger partial charge in [0.1, 0.15) is 12.6 Å². The van der Waals surface area contributed by atoms with Crippen molar-refractivity contribution in [1.29, 1.82) is 0 Å². The number of benzene rings is 2. The van der Waals surface area contributed by atoms with Crippen LogP contribution >= 0.6 is 0 Å². The summed E-state index contributed by atoms with van der Waals surface area (Å²) in [6.07, 6.45) is 1.74. The lowest BCUT2D eigenvalue weighted by Gasteiger charge is -2.19. The summed E-state index contributed by atoms with van der Waals surface area (Å²) in [4.78, 5) is 36.2. The van der Waals surface area contributed by atoms with Gasteiger partial charge in [-0.25, -0.2) is 4.79 Å². The molecule has 166 valence electrons. The topological polar surface area (TPSA) is 105 Å². The van der Waals surface area contributed by atoms with Crippen LogP contribution in [-0.2, 0) is 14.3 Å². The first-order valence-corrected chi connectivity index (χ1v) is 11.1. The third kappa shape index (κ3) is 4.07. The van der Waals surface area contributed by atoms with E-state index in [9.17, 15) is 14.4 Å². The number of aliphatic carboxylic acids is 1. The molecular weight excluding hydrogens is 408 g/mol. The fraction of sp³-hybridized carbons (Fsp3) is 0.400. The number of hydrogen-bond donors (Lipinski definition) is 3. The zero-order valence-electron chi connectivity index (χ0n) is 17.6. The molecule has 2 aromatic rings. The maximum absolute atomic E-state index is 12.6. The second-order valence-corrected chi connectivity index (χ2v) is 8.97. The smallest absolute Gasteiger partial charge is 0.407 e. The van der Waals surface area contributed by atoms with E-state index in [4.69, 9.17) is 9.84 Å². The molecule has 32 heavy (non-hydrogen) atoms. The van der Waals surface area contributed by atoms with Crippen LogP contribution in [0.25, 0.3) is 11.1 Å². The third-order valence-corrected chi connectivity index (χ3v) is 6.77. The van der Waals surface area contributed by atoms with Crippen LogP contribution in [0.2, 0.25) is 0 Å². The van der Waals surface area contributed by atoms with Gasteiger partial charge in [0.25, 0.3) is 0 Å². The van der Waals surface area contributed by atoms with E-state index in [1.54, 1.807) is 0 Å². The van der Waals surface area contributed by atoms with Gasteiger partial charge < -0.3 is 20.5 Å². The number of ether oxygens (including phenoxy) is 1. The zero-order valence-corrected chi connectivity index (χ0v) is 17.6. The number of rotatable bonds is 8. The van der Waals surface area contributed by atoms with E-state index < -0.39 is 18.1 Å². The Morgan fingerprint density at radius 1 is 1.00 bits per heavy atom. The summed E-state index contributed by atoms with van der Waals surface area (Å²) in [5, 5.41) is 14.5. The van der Waals surface area contributed by atoms with Crippen LogP contribution in [-0.4, -0.2) is 42.3 Å². The summed E-state index contributed by atoms with van der Waals surface area (Å²) in [5.74, 6) is -1.42. The molecule has 0 spiro atoms. The van der Waals surface area contributed by atoms with Crippen LogP contribution in [0.4, 0.5) is 4.79 Å². The number of alkyl carbamates (subject to hydrolysis) is 1. The van der Waals surface area contributed by atoms with Gasteiger partial charge in [-0.15, -0.1) is 0 Å². The average molecular weight is 434 g/mol. The first kappa shape index (κ1) is 20.5. The number of carbonyl (C=O) groups excluding carboxylic acids is 2. The van der Waals surface area contributed by atoms with Gasteiger partial charge in [0.15, 0.2) is 0 Å². The Kier molecular flexibility index (Phi) is 5.33. The molecule has 0 aromatic heterocycles. The number of fused-ring (bicyclic) bond motifs is 3. The monoisotopic (exact) mass is 434 g/mol. The fourth-order valence-corrected chi connectivity index (χ4v) is 4.71. The maximum atomic E-state index is 12.6. The second-order valence-electron chi connectivity index (χ2n) is 8.97. The molecule has 0 radical (unpaired) electrons. The molecule has 1 unspecified atom stereocenters. The molecule has 5 rings (SSSR count). The van der Waals surface area contributed by atoms with Crippen LogP contribution in [0.1, 0.15) is 36.3 Å². The first-order chi connectivity index (χ1) is 15.5. The van der Waals surface area contributed by atoms with Gasteiger partial charge in [-0.2, -0.15) is 0 Å². The Balaban J connectivity index is 1.18. The van der Waals surface area contributed by atoms with E-state index in [1.165, 1.54) is 0 Å². The molecule has 2 saturated carbocycles. The van der Waals surface area contributed by atoms with Gasteiger partial charge in [0.05, 0.1) is 5.92 Å². The van der Waals surface area contributed by atoms with E-state index in [2.05, 4.69) is 34.9 Å². The largest absolute Gasteiger partial charge is 0.481 e. The second kappa shape index (κ2) is 8.30. The molecule has 3 atom stereocenters. The van der Waals surface area contributed by atoms with Crippen LogP contribution in [0.15, 0.2) is 48.5 Å². The highest BCUT2D eigenvalue weighted by Crippen LogP contribution is 2.44. The van der Waals surface area contributed by atoms with Crippen molar-refractivity contribution in [2.75, 3.05) is 13.2 Å². The van der Waals surface area contributed by atoms with Crippen molar-refractivity contribution in [1.82, 2.24) is 10.6 Å². The van der Waals surface area contributed by atoms with E-state index in [1.807, 2.05) is 24.3 Å². The molecule has 2 fully saturated rings. The Morgan fingerprint density at radius 3 is 2.19 bits per heavy atom. The van der Waals surface area contributed by atoms with Crippen LogP contribution in [0, 0.1) is 17.8 Å². The molecule has 3 aliphatic rings. The quantitative estimate of drug-likeness (QED) is 0.592. The highest BCUT2D eigenvalue weighted by atomic mass is 16.5. The van der Waals surface area contributed by atoms with Gasteiger partial charge in [-0.1, -0.05) is 48.5 Å². The molecule has 7 nitrogen and oxygen atoms in total. The summed E-state index contributed by atoms with van der Waals surface area (Å²) in [5.41, 5.74) is 4.59. The zero-order chi connectivity index (χ0) is 22.2. The normalized spacial score (nSPS) is 21.8. The fourth-order valence-electron chi connectivity index (χ4n) is 4.71. The minimum absolute atomic E-state index is 0.0224. The maximum Gasteiger partial charge on any atom is 0.407 e. The number of hydrogen-bond acceptors (Lipinski definition) is 4. The van der Waals surface area contributed by atoms with E-state index >= 15 is 0 Å². The van der Waals surface area contributed by atoms with Crippen molar-refractivity contribution >= 4 is 18.0 Å². The standard InChI is InChI=1S/C25H26N2O5/c28-23(26-12-15-11-20(15)24(29)30)22(14-9-10-14)27-25(31)32-13-21-18-7-3-1-5-16(18)17-6-2-4-8-19(17)21/h1-8,14-15,20-22H,9-13H2,(H,26,28)(H,27,31)(H,29,30)/t15-,20-,22?/m0/s1. The summed E-state index contributed by atoms with van der Waals surface area (Å²) >= 11 is 0. The number of carboxylic acid groups (broad SMARTS) is 1. The molecule has 0 heterocycles. The Morgan fingerprint density at radius 2 is 1.62 bits per heavy atom.